The number of anilines is 1. The summed E-state index contributed by atoms with van der Waals surface area (Å²) < 4.78 is 11.0. The lowest BCUT2D eigenvalue weighted by atomic mass is 10.0. The van der Waals surface area contributed by atoms with Crippen LogP contribution in [0.3, 0.4) is 0 Å². The van der Waals surface area contributed by atoms with Crippen molar-refractivity contribution in [2.75, 3.05) is 18.5 Å². The fraction of sp³-hybridized carbons (Fsp3) is 0.304. The number of nitrogens with one attached hydrogen (secondary N) is 1. The van der Waals surface area contributed by atoms with Gasteiger partial charge >= 0.3 is 0 Å². The maximum Gasteiger partial charge on any atom is 0.278 e. The van der Waals surface area contributed by atoms with E-state index in [1.807, 2.05) is 52.0 Å². The summed E-state index contributed by atoms with van der Waals surface area (Å²) in [6.07, 6.45) is 0. The van der Waals surface area contributed by atoms with Crippen molar-refractivity contribution in [1.29, 1.82) is 0 Å². The van der Waals surface area contributed by atoms with E-state index in [4.69, 9.17) is 9.47 Å². The molecule has 0 aromatic heterocycles. The molecule has 3 rings (SSSR count). The molecule has 2 aromatic carbocycles. The molecule has 6 heteroatoms. The quantitative estimate of drug-likeness (QED) is 0.683. The lowest BCUT2D eigenvalue weighted by Crippen LogP contribution is -2.38. The van der Waals surface area contributed by atoms with Crippen LogP contribution in [0.25, 0.3) is 5.57 Å². The van der Waals surface area contributed by atoms with Crippen molar-refractivity contribution in [3.63, 3.8) is 0 Å². The first-order chi connectivity index (χ1) is 14.0. The minimum absolute atomic E-state index is 0.248. The van der Waals surface area contributed by atoms with Crippen molar-refractivity contribution in [2.45, 2.75) is 33.7 Å². The standard InChI is InChI=1S/C23H26N2O4/c1-5-28-18-12-10-16(11-13-18)20-21(23(27)25(15(3)4)22(20)26)24-17-8-7-9-19(14-17)29-6-2/h7-15,24H,5-6H2,1-4H3. The molecule has 0 atom stereocenters. The van der Waals surface area contributed by atoms with Crippen LogP contribution in [-0.4, -0.2) is 36.0 Å². The third kappa shape index (κ3) is 4.26. The van der Waals surface area contributed by atoms with Crippen LogP contribution in [-0.2, 0) is 9.59 Å². The smallest absolute Gasteiger partial charge is 0.278 e. The Labute approximate surface area is 171 Å². The summed E-state index contributed by atoms with van der Waals surface area (Å²) >= 11 is 0. The summed E-state index contributed by atoms with van der Waals surface area (Å²) in [6.45, 7) is 8.57. The largest absolute Gasteiger partial charge is 0.494 e. The van der Waals surface area contributed by atoms with E-state index in [0.29, 0.717) is 41.5 Å². The average Bonchev–Trinajstić information content (AvgIpc) is 2.93. The number of carbonyl (C=O) groups excluding carboxylic acids is 2. The van der Waals surface area contributed by atoms with Gasteiger partial charge in [-0.1, -0.05) is 18.2 Å². The minimum atomic E-state index is -0.337. The molecule has 0 spiro atoms. The highest BCUT2D eigenvalue weighted by atomic mass is 16.5. The van der Waals surface area contributed by atoms with Gasteiger partial charge in [0.1, 0.15) is 17.2 Å². The summed E-state index contributed by atoms with van der Waals surface area (Å²) in [4.78, 5) is 27.4. The molecule has 0 unspecified atom stereocenters. The number of imide groups is 1. The Morgan fingerprint density at radius 1 is 0.897 bits per heavy atom. The second-order valence-electron chi connectivity index (χ2n) is 6.87. The Hall–Kier alpha value is -3.28. The van der Waals surface area contributed by atoms with Gasteiger partial charge in [-0.15, -0.1) is 0 Å². The molecule has 1 heterocycles. The number of benzene rings is 2. The monoisotopic (exact) mass is 394 g/mol. The summed E-state index contributed by atoms with van der Waals surface area (Å²) in [5.74, 6) is 0.764. The molecule has 6 nitrogen and oxygen atoms in total. The van der Waals surface area contributed by atoms with Gasteiger partial charge in [-0.25, -0.2) is 0 Å². The molecule has 0 saturated heterocycles. The summed E-state index contributed by atoms with van der Waals surface area (Å²) in [5, 5.41) is 3.15. The fourth-order valence-corrected chi connectivity index (χ4v) is 3.26. The van der Waals surface area contributed by atoms with E-state index in [-0.39, 0.29) is 23.6 Å². The Morgan fingerprint density at radius 2 is 1.55 bits per heavy atom. The number of nitrogens with zero attached hydrogens (tertiary/aromatic N) is 1. The molecule has 2 aromatic rings. The van der Waals surface area contributed by atoms with Crippen molar-refractivity contribution >= 4 is 23.1 Å². The van der Waals surface area contributed by atoms with Gasteiger partial charge in [0.25, 0.3) is 11.8 Å². The molecule has 152 valence electrons. The highest BCUT2D eigenvalue weighted by molar-refractivity contribution is 6.36. The van der Waals surface area contributed by atoms with E-state index in [9.17, 15) is 9.59 Å². The van der Waals surface area contributed by atoms with E-state index in [1.165, 1.54) is 4.90 Å². The van der Waals surface area contributed by atoms with Gasteiger partial charge < -0.3 is 14.8 Å². The van der Waals surface area contributed by atoms with Crippen molar-refractivity contribution in [3.05, 3.63) is 59.8 Å². The van der Waals surface area contributed by atoms with Crippen LogP contribution in [0.4, 0.5) is 5.69 Å². The maximum absolute atomic E-state index is 13.1. The molecule has 0 fully saturated rings. The van der Waals surface area contributed by atoms with E-state index in [1.54, 1.807) is 24.3 Å². The second-order valence-corrected chi connectivity index (χ2v) is 6.87. The Morgan fingerprint density at radius 3 is 2.17 bits per heavy atom. The van der Waals surface area contributed by atoms with Crippen LogP contribution in [0.5, 0.6) is 11.5 Å². The van der Waals surface area contributed by atoms with Gasteiger partial charge in [0.2, 0.25) is 0 Å². The lowest BCUT2D eigenvalue weighted by molar-refractivity contribution is -0.138. The first kappa shape index (κ1) is 20.5. The molecule has 2 amide bonds. The van der Waals surface area contributed by atoms with Gasteiger partial charge in [0, 0.05) is 17.8 Å². The summed E-state index contributed by atoms with van der Waals surface area (Å²) in [5.41, 5.74) is 1.97. The normalized spacial score (nSPS) is 14.0. The van der Waals surface area contributed by atoms with Gasteiger partial charge in [0.05, 0.1) is 18.8 Å². The van der Waals surface area contributed by atoms with Crippen LogP contribution >= 0.6 is 0 Å². The topological polar surface area (TPSA) is 67.9 Å². The first-order valence-corrected chi connectivity index (χ1v) is 9.81. The van der Waals surface area contributed by atoms with E-state index >= 15 is 0 Å². The van der Waals surface area contributed by atoms with Gasteiger partial charge in [-0.2, -0.15) is 0 Å². The Kier molecular flexibility index (Phi) is 6.22. The number of hydrogen-bond acceptors (Lipinski definition) is 5. The summed E-state index contributed by atoms with van der Waals surface area (Å²) in [7, 11) is 0. The molecule has 1 aliphatic rings. The van der Waals surface area contributed by atoms with Crippen LogP contribution in [0.1, 0.15) is 33.3 Å². The summed E-state index contributed by atoms with van der Waals surface area (Å²) in [6, 6.07) is 14.3. The van der Waals surface area contributed by atoms with E-state index in [2.05, 4.69) is 5.32 Å². The second kappa shape index (κ2) is 8.82. The molecular weight excluding hydrogens is 368 g/mol. The maximum atomic E-state index is 13.1. The van der Waals surface area contributed by atoms with Gasteiger partial charge in [-0.3, -0.25) is 14.5 Å². The first-order valence-electron chi connectivity index (χ1n) is 9.81. The predicted molar refractivity (Wildman–Crippen MR) is 113 cm³/mol. The zero-order valence-electron chi connectivity index (χ0n) is 17.2. The third-order valence-corrected chi connectivity index (χ3v) is 4.50. The van der Waals surface area contributed by atoms with Crippen molar-refractivity contribution in [2.24, 2.45) is 0 Å². The molecular formula is C23H26N2O4. The number of amides is 2. The van der Waals surface area contributed by atoms with Crippen LogP contribution < -0.4 is 14.8 Å². The molecule has 1 N–H and O–H groups in total. The molecule has 29 heavy (non-hydrogen) atoms. The predicted octanol–water partition coefficient (Wildman–Crippen LogP) is 4.08. The number of ether oxygens (including phenoxy) is 2. The van der Waals surface area contributed by atoms with Gasteiger partial charge in [0.15, 0.2) is 0 Å². The zero-order valence-corrected chi connectivity index (χ0v) is 17.2. The molecule has 0 radical (unpaired) electrons. The number of carbonyl (C=O) groups is 2. The number of rotatable bonds is 8. The average molecular weight is 394 g/mol. The third-order valence-electron chi connectivity index (χ3n) is 4.50. The van der Waals surface area contributed by atoms with Crippen LogP contribution in [0, 0.1) is 0 Å². The molecule has 1 aliphatic heterocycles. The molecule has 0 aliphatic carbocycles. The Bertz CT molecular complexity index is 932. The Balaban J connectivity index is 2.02. The SMILES string of the molecule is CCOc1ccc(C2=C(Nc3cccc(OCC)c3)C(=O)N(C(C)C)C2=O)cc1. The minimum Gasteiger partial charge on any atom is -0.494 e. The van der Waals surface area contributed by atoms with Crippen molar-refractivity contribution < 1.29 is 19.1 Å². The van der Waals surface area contributed by atoms with E-state index in [0.717, 1.165) is 0 Å². The molecule has 0 bridgehead atoms. The van der Waals surface area contributed by atoms with Gasteiger partial charge in [-0.05, 0) is 57.5 Å². The van der Waals surface area contributed by atoms with Crippen LogP contribution in [0.2, 0.25) is 0 Å². The highest BCUT2D eigenvalue weighted by Crippen LogP contribution is 2.33. The number of hydrogen-bond donors (Lipinski definition) is 1. The zero-order chi connectivity index (χ0) is 21.0. The van der Waals surface area contributed by atoms with Crippen LogP contribution in [0.15, 0.2) is 54.2 Å². The highest BCUT2D eigenvalue weighted by Gasteiger charge is 2.40. The van der Waals surface area contributed by atoms with Crippen molar-refractivity contribution in [1.82, 2.24) is 4.90 Å². The van der Waals surface area contributed by atoms with Crippen molar-refractivity contribution in [3.8, 4) is 11.5 Å². The molecule has 0 saturated carbocycles. The fourth-order valence-electron chi connectivity index (χ4n) is 3.26. The van der Waals surface area contributed by atoms with E-state index < -0.39 is 0 Å². The lowest BCUT2D eigenvalue weighted by Gasteiger charge is -2.19.